The molecule has 100 valence electrons. The fourth-order valence-electron chi connectivity index (χ4n) is 2.29. The van der Waals surface area contributed by atoms with Gasteiger partial charge in [-0.3, -0.25) is 0 Å². The number of rotatable bonds is 6. The van der Waals surface area contributed by atoms with Gasteiger partial charge < -0.3 is 4.57 Å². The zero-order valence-electron chi connectivity index (χ0n) is 11.5. The van der Waals surface area contributed by atoms with E-state index in [4.69, 9.17) is 0 Å². The molecule has 0 amide bonds. The maximum Gasteiger partial charge on any atom is 0.119 e. The Hall–Kier alpha value is -1.33. The van der Waals surface area contributed by atoms with Crippen LogP contribution in [0, 0.1) is 0 Å². The van der Waals surface area contributed by atoms with Crippen LogP contribution in [0.4, 0.5) is 0 Å². The summed E-state index contributed by atoms with van der Waals surface area (Å²) in [6, 6.07) is 20.2. The molecule has 2 heteroatoms. The molecule has 0 N–H and O–H groups in total. The minimum absolute atomic E-state index is 0.678. The molecule has 0 heterocycles. The van der Waals surface area contributed by atoms with Crippen molar-refractivity contribution in [3.8, 4) is 0 Å². The van der Waals surface area contributed by atoms with E-state index in [1.54, 1.807) is 0 Å². The Balaban J connectivity index is 2.27. The van der Waals surface area contributed by atoms with Crippen LogP contribution in [-0.4, -0.2) is 6.16 Å². The molecule has 1 atom stereocenters. The number of hydrogen-bond donors (Lipinski definition) is 0. The van der Waals surface area contributed by atoms with E-state index < -0.39 is 7.14 Å². The van der Waals surface area contributed by atoms with Gasteiger partial charge in [0.15, 0.2) is 0 Å². The van der Waals surface area contributed by atoms with Gasteiger partial charge in [0.05, 0.1) is 0 Å². The number of unbranched alkanes of at least 4 members (excludes halogenated alkanes) is 1. The SMILES string of the molecule is CCCCP(=O)(Cc1ccccc1)c1ccccc1. The van der Waals surface area contributed by atoms with Gasteiger partial charge in [-0.2, -0.15) is 0 Å². The van der Waals surface area contributed by atoms with Crippen LogP contribution in [0.1, 0.15) is 25.3 Å². The maximum atomic E-state index is 13.3. The van der Waals surface area contributed by atoms with Crippen molar-refractivity contribution < 1.29 is 4.57 Å². The van der Waals surface area contributed by atoms with E-state index in [9.17, 15) is 4.57 Å². The zero-order valence-corrected chi connectivity index (χ0v) is 12.4. The fraction of sp³-hybridized carbons (Fsp3) is 0.294. The van der Waals surface area contributed by atoms with Crippen LogP contribution in [0.2, 0.25) is 0 Å². The zero-order chi connectivity index (χ0) is 13.6. The third kappa shape index (κ3) is 3.81. The molecule has 0 aromatic heterocycles. The van der Waals surface area contributed by atoms with E-state index in [0.29, 0.717) is 6.16 Å². The lowest BCUT2D eigenvalue weighted by molar-refractivity contribution is 0.578. The lowest BCUT2D eigenvalue weighted by Gasteiger charge is -2.18. The molecule has 0 saturated carbocycles. The van der Waals surface area contributed by atoms with Crippen molar-refractivity contribution in [2.24, 2.45) is 0 Å². The monoisotopic (exact) mass is 272 g/mol. The maximum absolute atomic E-state index is 13.3. The smallest absolute Gasteiger partial charge is 0.119 e. The molecule has 19 heavy (non-hydrogen) atoms. The van der Waals surface area contributed by atoms with Crippen molar-refractivity contribution in [3.05, 3.63) is 66.2 Å². The van der Waals surface area contributed by atoms with Crippen molar-refractivity contribution in [1.82, 2.24) is 0 Å². The highest BCUT2D eigenvalue weighted by molar-refractivity contribution is 7.70. The van der Waals surface area contributed by atoms with Gasteiger partial charge in [0.2, 0.25) is 0 Å². The highest BCUT2D eigenvalue weighted by Crippen LogP contribution is 2.48. The fourth-order valence-corrected chi connectivity index (χ4v) is 5.23. The molecule has 0 bridgehead atoms. The Morgan fingerprint density at radius 1 is 0.895 bits per heavy atom. The van der Waals surface area contributed by atoms with Crippen LogP contribution in [0.15, 0.2) is 60.7 Å². The van der Waals surface area contributed by atoms with Gasteiger partial charge in [-0.1, -0.05) is 74.0 Å². The highest BCUT2D eigenvalue weighted by atomic mass is 31.2. The normalized spacial score (nSPS) is 13.9. The molecule has 1 unspecified atom stereocenters. The lowest BCUT2D eigenvalue weighted by Crippen LogP contribution is -2.09. The molecular formula is C17H21OP. The van der Waals surface area contributed by atoms with Crippen LogP contribution >= 0.6 is 7.14 Å². The first-order valence-electron chi connectivity index (χ1n) is 6.92. The van der Waals surface area contributed by atoms with E-state index in [1.807, 2.05) is 48.5 Å². The first kappa shape index (κ1) is 14.1. The summed E-state index contributed by atoms with van der Waals surface area (Å²) in [5, 5.41) is 1.02. The Bertz CT molecular complexity index is 534. The second-order valence-corrected chi connectivity index (χ2v) is 8.00. The molecule has 0 spiro atoms. The van der Waals surface area contributed by atoms with Crippen molar-refractivity contribution in [2.75, 3.05) is 6.16 Å². The number of benzene rings is 2. The van der Waals surface area contributed by atoms with Crippen LogP contribution in [0.3, 0.4) is 0 Å². The van der Waals surface area contributed by atoms with E-state index >= 15 is 0 Å². The van der Waals surface area contributed by atoms with Gasteiger partial charge in [-0.15, -0.1) is 0 Å². The second kappa shape index (κ2) is 6.73. The van der Waals surface area contributed by atoms with Crippen LogP contribution < -0.4 is 5.30 Å². The highest BCUT2D eigenvalue weighted by Gasteiger charge is 2.24. The molecule has 0 radical (unpaired) electrons. The molecular weight excluding hydrogens is 251 g/mol. The molecule has 1 nitrogen and oxygen atoms in total. The molecule has 2 aromatic rings. The first-order valence-corrected chi connectivity index (χ1v) is 9.00. The van der Waals surface area contributed by atoms with Gasteiger partial charge in [0, 0.05) is 17.6 Å². The minimum Gasteiger partial charge on any atom is -0.318 e. The first-order chi connectivity index (χ1) is 9.24. The third-order valence-corrected chi connectivity index (χ3v) is 6.53. The Morgan fingerprint density at radius 2 is 1.47 bits per heavy atom. The summed E-state index contributed by atoms with van der Waals surface area (Å²) in [6.07, 6.45) is 3.60. The summed E-state index contributed by atoms with van der Waals surface area (Å²) in [6.45, 7) is 2.15. The van der Waals surface area contributed by atoms with Crippen molar-refractivity contribution in [2.45, 2.75) is 25.9 Å². The third-order valence-electron chi connectivity index (χ3n) is 3.38. The summed E-state index contributed by atoms with van der Waals surface area (Å²) in [4.78, 5) is 0. The molecule has 0 aliphatic heterocycles. The van der Waals surface area contributed by atoms with E-state index in [-0.39, 0.29) is 0 Å². The largest absolute Gasteiger partial charge is 0.318 e. The molecule has 2 rings (SSSR count). The standard InChI is InChI=1S/C17H21OP/c1-2-3-14-19(18,17-12-8-5-9-13-17)15-16-10-6-4-7-11-16/h4-13H,2-3,14-15H2,1H3. The van der Waals surface area contributed by atoms with Crippen molar-refractivity contribution in [3.63, 3.8) is 0 Å². The quantitative estimate of drug-likeness (QED) is 0.698. The Kier molecular flexibility index (Phi) is 4.99. The topological polar surface area (TPSA) is 17.1 Å². The summed E-state index contributed by atoms with van der Waals surface area (Å²) < 4.78 is 13.3. The minimum atomic E-state index is -2.31. The second-order valence-electron chi connectivity index (χ2n) is 4.95. The average molecular weight is 272 g/mol. The molecule has 0 saturated heterocycles. The lowest BCUT2D eigenvalue weighted by atomic mass is 10.2. The van der Waals surface area contributed by atoms with Gasteiger partial charge in [0.1, 0.15) is 7.14 Å². The van der Waals surface area contributed by atoms with Gasteiger partial charge >= 0.3 is 0 Å². The Labute approximate surface area is 116 Å². The summed E-state index contributed by atoms with van der Waals surface area (Å²) in [5.41, 5.74) is 1.17. The van der Waals surface area contributed by atoms with Gasteiger partial charge in [0.25, 0.3) is 0 Å². The predicted octanol–water partition coefficient (Wildman–Crippen LogP) is 4.68. The van der Waals surface area contributed by atoms with E-state index in [0.717, 1.165) is 24.3 Å². The molecule has 2 aromatic carbocycles. The average Bonchev–Trinajstić information content (AvgIpc) is 2.47. The van der Waals surface area contributed by atoms with Crippen LogP contribution in [0.5, 0.6) is 0 Å². The van der Waals surface area contributed by atoms with Gasteiger partial charge in [-0.25, -0.2) is 0 Å². The van der Waals surface area contributed by atoms with Gasteiger partial charge in [-0.05, 0) is 12.0 Å². The van der Waals surface area contributed by atoms with Crippen LogP contribution in [-0.2, 0) is 10.7 Å². The number of hydrogen-bond acceptors (Lipinski definition) is 1. The van der Waals surface area contributed by atoms with Crippen molar-refractivity contribution >= 4 is 12.4 Å². The summed E-state index contributed by atoms with van der Waals surface area (Å²) in [5.74, 6) is 0. The molecule has 0 fully saturated rings. The van der Waals surface area contributed by atoms with Crippen LogP contribution in [0.25, 0.3) is 0 Å². The predicted molar refractivity (Wildman–Crippen MR) is 83.6 cm³/mol. The molecule has 0 aliphatic rings. The summed E-state index contributed by atoms with van der Waals surface area (Å²) in [7, 11) is -2.31. The van der Waals surface area contributed by atoms with E-state index in [1.165, 1.54) is 5.56 Å². The molecule has 0 aliphatic carbocycles. The van der Waals surface area contributed by atoms with E-state index in [2.05, 4.69) is 19.1 Å². The summed E-state index contributed by atoms with van der Waals surface area (Å²) >= 11 is 0. The Morgan fingerprint density at radius 3 is 2.05 bits per heavy atom. The van der Waals surface area contributed by atoms with Crippen molar-refractivity contribution in [1.29, 1.82) is 0 Å².